The van der Waals surface area contributed by atoms with Gasteiger partial charge in [-0.2, -0.15) is 0 Å². The zero-order chi connectivity index (χ0) is 57.1. The molecular formula is C73H138O6. The van der Waals surface area contributed by atoms with E-state index in [9.17, 15) is 14.4 Å². The lowest BCUT2D eigenvalue weighted by Gasteiger charge is -2.18. The molecule has 1 atom stereocenters. The molecule has 0 aliphatic carbocycles. The summed E-state index contributed by atoms with van der Waals surface area (Å²) in [6.07, 6.45) is 83.5. The van der Waals surface area contributed by atoms with Crippen molar-refractivity contribution in [3.8, 4) is 0 Å². The summed E-state index contributed by atoms with van der Waals surface area (Å²) in [5.41, 5.74) is 0. The van der Waals surface area contributed by atoms with Gasteiger partial charge in [-0.15, -0.1) is 0 Å². The smallest absolute Gasteiger partial charge is 0.306 e. The quantitative estimate of drug-likeness (QED) is 0.0261. The maximum Gasteiger partial charge on any atom is 0.306 e. The fourth-order valence-corrected chi connectivity index (χ4v) is 11.1. The summed E-state index contributed by atoms with van der Waals surface area (Å²) in [6, 6.07) is 0. The topological polar surface area (TPSA) is 78.9 Å². The van der Waals surface area contributed by atoms with Crippen LogP contribution in [0.15, 0.2) is 24.3 Å². The molecule has 0 fully saturated rings. The fraction of sp³-hybridized carbons (Fsp3) is 0.904. The van der Waals surface area contributed by atoms with Crippen molar-refractivity contribution in [2.24, 2.45) is 0 Å². The summed E-state index contributed by atoms with van der Waals surface area (Å²) >= 11 is 0. The molecule has 0 saturated carbocycles. The van der Waals surface area contributed by atoms with E-state index in [-0.39, 0.29) is 31.1 Å². The number of esters is 3. The van der Waals surface area contributed by atoms with E-state index in [0.717, 1.165) is 64.2 Å². The molecular weight excluding hydrogens is 973 g/mol. The van der Waals surface area contributed by atoms with Crippen LogP contribution in [-0.2, 0) is 28.6 Å². The lowest BCUT2D eigenvalue weighted by molar-refractivity contribution is -0.167. The molecule has 1 unspecified atom stereocenters. The molecule has 0 amide bonds. The van der Waals surface area contributed by atoms with Crippen LogP contribution in [-0.4, -0.2) is 37.2 Å². The van der Waals surface area contributed by atoms with Gasteiger partial charge in [0, 0.05) is 19.3 Å². The minimum Gasteiger partial charge on any atom is -0.462 e. The van der Waals surface area contributed by atoms with E-state index in [4.69, 9.17) is 14.2 Å². The summed E-state index contributed by atoms with van der Waals surface area (Å²) in [5.74, 6) is -0.828. The van der Waals surface area contributed by atoms with Crippen LogP contribution < -0.4 is 0 Å². The van der Waals surface area contributed by atoms with Gasteiger partial charge in [0.25, 0.3) is 0 Å². The van der Waals surface area contributed by atoms with E-state index in [1.807, 2.05) is 0 Å². The van der Waals surface area contributed by atoms with E-state index >= 15 is 0 Å². The number of hydrogen-bond donors (Lipinski definition) is 0. The van der Waals surface area contributed by atoms with Gasteiger partial charge in [-0.3, -0.25) is 14.4 Å². The molecule has 0 saturated heterocycles. The van der Waals surface area contributed by atoms with Gasteiger partial charge in [0.2, 0.25) is 0 Å². The Balaban J connectivity index is 4.17. The second-order valence-electron chi connectivity index (χ2n) is 24.5. The highest BCUT2D eigenvalue weighted by Gasteiger charge is 2.19. The Bertz CT molecular complexity index is 1270. The van der Waals surface area contributed by atoms with Gasteiger partial charge >= 0.3 is 17.9 Å². The van der Waals surface area contributed by atoms with Crippen LogP contribution in [0.5, 0.6) is 0 Å². The molecule has 0 aliphatic rings. The van der Waals surface area contributed by atoms with Crippen LogP contribution in [0, 0.1) is 0 Å². The van der Waals surface area contributed by atoms with Gasteiger partial charge < -0.3 is 14.2 Å². The van der Waals surface area contributed by atoms with Gasteiger partial charge in [-0.05, 0) is 51.4 Å². The zero-order valence-corrected chi connectivity index (χ0v) is 53.7. The average molecular weight is 1110 g/mol. The third-order valence-electron chi connectivity index (χ3n) is 16.5. The number of ether oxygens (including phenoxy) is 3. The van der Waals surface area contributed by atoms with Crippen LogP contribution in [0.25, 0.3) is 0 Å². The molecule has 0 aromatic rings. The van der Waals surface area contributed by atoms with E-state index in [0.29, 0.717) is 19.3 Å². The zero-order valence-electron chi connectivity index (χ0n) is 53.7. The predicted molar refractivity (Wildman–Crippen MR) is 344 cm³/mol. The maximum absolute atomic E-state index is 12.9. The number of hydrogen-bond acceptors (Lipinski definition) is 6. The average Bonchev–Trinajstić information content (AvgIpc) is 3.45. The third kappa shape index (κ3) is 66.6. The molecule has 0 N–H and O–H groups in total. The van der Waals surface area contributed by atoms with Crippen LogP contribution in [0.4, 0.5) is 0 Å². The molecule has 0 radical (unpaired) electrons. The largest absolute Gasteiger partial charge is 0.462 e. The molecule has 0 aromatic carbocycles. The van der Waals surface area contributed by atoms with E-state index in [1.54, 1.807) is 0 Å². The Morgan fingerprint density at radius 1 is 0.253 bits per heavy atom. The van der Waals surface area contributed by atoms with Crippen molar-refractivity contribution in [2.45, 2.75) is 412 Å². The Kier molecular flexibility index (Phi) is 66.6. The fourth-order valence-electron chi connectivity index (χ4n) is 11.1. The van der Waals surface area contributed by atoms with Crippen LogP contribution in [0.2, 0.25) is 0 Å². The number of carbonyl (C=O) groups is 3. The number of unbranched alkanes of at least 4 members (excludes halogenated alkanes) is 52. The van der Waals surface area contributed by atoms with Crippen LogP contribution >= 0.6 is 0 Å². The summed E-state index contributed by atoms with van der Waals surface area (Å²) in [6.45, 7) is 6.71. The van der Waals surface area contributed by atoms with Gasteiger partial charge in [0.15, 0.2) is 6.10 Å². The van der Waals surface area contributed by atoms with Crippen molar-refractivity contribution in [1.82, 2.24) is 0 Å². The molecule has 6 heteroatoms. The van der Waals surface area contributed by atoms with Crippen molar-refractivity contribution < 1.29 is 28.6 Å². The Morgan fingerprint density at radius 3 is 0.696 bits per heavy atom. The monoisotopic (exact) mass is 1110 g/mol. The Labute approximate surface area is 493 Å². The van der Waals surface area contributed by atoms with Crippen molar-refractivity contribution in [3.63, 3.8) is 0 Å². The normalized spacial score (nSPS) is 12.1. The minimum atomic E-state index is -0.766. The second kappa shape index (κ2) is 68.4. The highest BCUT2D eigenvalue weighted by Crippen LogP contribution is 2.19. The van der Waals surface area contributed by atoms with Crippen molar-refractivity contribution in [3.05, 3.63) is 24.3 Å². The first-order valence-electron chi connectivity index (χ1n) is 35.8. The first-order chi connectivity index (χ1) is 39.0. The summed E-state index contributed by atoms with van der Waals surface area (Å²) in [4.78, 5) is 38.4. The van der Waals surface area contributed by atoms with Gasteiger partial charge in [0.05, 0.1) is 0 Å². The Morgan fingerprint density at radius 2 is 0.456 bits per heavy atom. The second-order valence-corrected chi connectivity index (χ2v) is 24.5. The highest BCUT2D eigenvalue weighted by atomic mass is 16.6. The number of carbonyl (C=O) groups excluding carboxylic acids is 3. The van der Waals surface area contributed by atoms with E-state index in [1.165, 1.54) is 302 Å². The third-order valence-corrected chi connectivity index (χ3v) is 16.5. The lowest BCUT2D eigenvalue weighted by Crippen LogP contribution is -2.30. The molecule has 0 spiro atoms. The summed E-state index contributed by atoms with van der Waals surface area (Å²) in [5, 5.41) is 0. The van der Waals surface area contributed by atoms with Gasteiger partial charge in [0.1, 0.15) is 13.2 Å². The first kappa shape index (κ1) is 76.9. The van der Waals surface area contributed by atoms with Crippen molar-refractivity contribution in [2.75, 3.05) is 13.2 Å². The SMILES string of the molecule is CCCCCCC/C=C\C/C=C\CCCCCCCCCCCCCCCCCCCC(=O)OCC(COC(=O)CCCCCCCCCCCCCCC)OC(=O)CCCCCCCCCCCCCCCCCCCCC. The molecule has 0 heterocycles. The molecule has 0 aromatic heterocycles. The van der Waals surface area contributed by atoms with E-state index < -0.39 is 6.10 Å². The molecule has 0 bridgehead atoms. The number of rotatable bonds is 67. The lowest BCUT2D eigenvalue weighted by atomic mass is 10.0. The maximum atomic E-state index is 12.9. The van der Waals surface area contributed by atoms with Gasteiger partial charge in [-0.25, -0.2) is 0 Å². The molecule has 79 heavy (non-hydrogen) atoms. The Hall–Kier alpha value is -2.11. The van der Waals surface area contributed by atoms with Crippen LogP contribution in [0.1, 0.15) is 406 Å². The molecule has 0 rings (SSSR count). The number of allylic oxidation sites excluding steroid dienone is 4. The van der Waals surface area contributed by atoms with Crippen molar-refractivity contribution in [1.29, 1.82) is 0 Å². The summed E-state index contributed by atoms with van der Waals surface area (Å²) in [7, 11) is 0. The summed E-state index contributed by atoms with van der Waals surface area (Å²) < 4.78 is 17.0. The standard InChI is InChI=1S/C73H138O6/c1-4-7-10-13-16-19-22-25-27-29-31-32-33-34-35-36-37-38-39-40-42-43-45-48-51-54-57-60-63-66-72(75)78-69-70(68-77-71(74)65-62-59-56-53-50-47-24-21-18-15-12-9-6-3)79-73(76)67-64-61-58-55-52-49-46-44-41-30-28-26-23-20-17-14-11-8-5-2/h22,25,29,31,70H,4-21,23-24,26-28,30,32-69H2,1-3H3/b25-22-,31-29-. The highest BCUT2D eigenvalue weighted by molar-refractivity contribution is 5.71. The predicted octanol–water partition coefficient (Wildman–Crippen LogP) is 24.6. The van der Waals surface area contributed by atoms with E-state index in [2.05, 4.69) is 45.1 Å². The molecule has 466 valence electrons. The minimum absolute atomic E-state index is 0.0632. The molecule has 6 nitrogen and oxygen atoms in total. The molecule has 0 aliphatic heterocycles. The first-order valence-corrected chi connectivity index (χ1v) is 35.8. The van der Waals surface area contributed by atoms with Crippen molar-refractivity contribution >= 4 is 17.9 Å². The van der Waals surface area contributed by atoms with Crippen LogP contribution in [0.3, 0.4) is 0 Å². The van der Waals surface area contributed by atoms with Gasteiger partial charge in [-0.1, -0.05) is 360 Å².